The maximum Gasteiger partial charge on any atom is 0.0164 e. The molecule has 0 amide bonds. The third-order valence-corrected chi connectivity index (χ3v) is 5.40. The van der Waals surface area contributed by atoms with Gasteiger partial charge in [-0.1, -0.05) is 44.4 Å². The minimum atomic E-state index is 0.690. The Labute approximate surface area is 122 Å². The van der Waals surface area contributed by atoms with Crippen molar-refractivity contribution in [3.63, 3.8) is 0 Å². The summed E-state index contributed by atoms with van der Waals surface area (Å²) in [6.45, 7) is 5.62. The number of benzene rings is 1. The maximum absolute atomic E-state index is 3.74. The second-order valence-electron chi connectivity index (χ2n) is 5.76. The van der Waals surface area contributed by atoms with Gasteiger partial charge in [-0.25, -0.2) is 0 Å². The Morgan fingerprint density at radius 3 is 2.74 bits per heavy atom. The SMILES string of the molecule is CCCNC(CSc1ccccc1C)CC1CCC1. The summed E-state index contributed by atoms with van der Waals surface area (Å²) in [6.07, 6.45) is 6.98. The summed E-state index contributed by atoms with van der Waals surface area (Å²) in [4.78, 5) is 1.44. The molecule has 0 heterocycles. The first-order chi connectivity index (χ1) is 9.29. The van der Waals surface area contributed by atoms with Gasteiger partial charge in [0.1, 0.15) is 0 Å². The monoisotopic (exact) mass is 277 g/mol. The first-order valence-corrected chi connectivity index (χ1v) is 8.70. The van der Waals surface area contributed by atoms with Crippen LogP contribution in [0, 0.1) is 12.8 Å². The van der Waals surface area contributed by atoms with E-state index in [0.717, 1.165) is 12.5 Å². The Kier molecular flexibility index (Phi) is 6.25. The normalized spacial score (nSPS) is 17.2. The minimum Gasteiger partial charge on any atom is -0.313 e. The Morgan fingerprint density at radius 2 is 2.11 bits per heavy atom. The van der Waals surface area contributed by atoms with Gasteiger partial charge in [0.2, 0.25) is 0 Å². The van der Waals surface area contributed by atoms with Gasteiger partial charge in [-0.2, -0.15) is 0 Å². The van der Waals surface area contributed by atoms with Crippen molar-refractivity contribution in [3.8, 4) is 0 Å². The van der Waals surface area contributed by atoms with Crippen molar-refractivity contribution < 1.29 is 0 Å². The smallest absolute Gasteiger partial charge is 0.0164 e. The average molecular weight is 277 g/mol. The van der Waals surface area contributed by atoms with Crippen LogP contribution in [0.4, 0.5) is 0 Å². The van der Waals surface area contributed by atoms with Gasteiger partial charge < -0.3 is 5.32 Å². The molecule has 0 spiro atoms. The molecular formula is C17H27NS. The van der Waals surface area contributed by atoms with Crippen LogP contribution in [0.3, 0.4) is 0 Å². The van der Waals surface area contributed by atoms with E-state index in [1.807, 2.05) is 11.8 Å². The Morgan fingerprint density at radius 1 is 1.32 bits per heavy atom. The van der Waals surface area contributed by atoms with Crippen LogP contribution in [0.25, 0.3) is 0 Å². The third kappa shape index (κ3) is 4.85. The van der Waals surface area contributed by atoms with Crippen LogP contribution in [-0.4, -0.2) is 18.3 Å². The van der Waals surface area contributed by atoms with Crippen LogP contribution in [0.5, 0.6) is 0 Å². The highest BCUT2D eigenvalue weighted by Crippen LogP contribution is 2.32. The summed E-state index contributed by atoms with van der Waals surface area (Å²) < 4.78 is 0. The van der Waals surface area contributed by atoms with Crippen molar-refractivity contribution in [3.05, 3.63) is 29.8 Å². The molecule has 0 aromatic heterocycles. The third-order valence-electron chi connectivity index (χ3n) is 4.06. The Hall–Kier alpha value is -0.470. The molecule has 2 heteroatoms. The van der Waals surface area contributed by atoms with E-state index in [9.17, 15) is 0 Å². The topological polar surface area (TPSA) is 12.0 Å². The largest absolute Gasteiger partial charge is 0.313 e. The number of hydrogen-bond acceptors (Lipinski definition) is 2. The van der Waals surface area contributed by atoms with Gasteiger partial charge in [-0.15, -0.1) is 11.8 Å². The van der Waals surface area contributed by atoms with E-state index >= 15 is 0 Å². The maximum atomic E-state index is 3.74. The summed E-state index contributed by atoms with van der Waals surface area (Å²) in [5.74, 6) is 2.20. The van der Waals surface area contributed by atoms with E-state index in [1.54, 1.807) is 0 Å². The highest BCUT2D eigenvalue weighted by atomic mass is 32.2. The molecule has 0 radical (unpaired) electrons. The number of aryl methyl sites for hydroxylation is 1. The van der Waals surface area contributed by atoms with E-state index in [4.69, 9.17) is 0 Å². The average Bonchev–Trinajstić information content (AvgIpc) is 2.37. The van der Waals surface area contributed by atoms with Gasteiger partial charge in [0.15, 0.2) is 0 Å². The molecule has 0 bridgehead atoms. The highest BCUT2D eigenvalue weighted by Gasteiger charge is 2.21. The molecular weight excluding hydrogens is 250 g/mol. The van der Waals surface area contributed by atoms with Crippen molar-refractivity contribution in [1.29, 1.82) is 0 Å². The second-order valence-corrected chi connectivity index (χ2v) is 6.82. The first-order valence-electron chi connectivity index (χ1n) is 7.71. The fourth-order valence-corrected chi connectivity index (χ4v) is 3.70. The van der Waals surface area contributed by atoms with E-state index in [-0.39, 0.29) is 0 Å². The molecule has 1 unspecified atom stereocenters. The molecule has 19 heavy (non-hydrogen) atoms. The predicted molar refractivity (Wildman–Crippen MR) is 85.9 cm³/mol. The van der Waals surface area contributed by atoms with E-state index < -0.39 is 0 Å². The second kappa shape index (κ2) is 7.96. The molecule has 0 saturated heterocycles. The molecule has 1 aromatic rings. The lowest BCUT2D eigenvalue weighted by molar-refractivity contribution is 0.268. The van der Waals surface area contributed by atoms with Crippen LogP contribution in [0.1, 0.15) is 44.6 Å². The molecule has 1 aromatic carbocycles. The van der Waals surface area contributed by atoms with Crippen LogP contribution < -0.4 is 5.32 Å². The van der Waals surface area contributed by atoms with Crippen molar-refractivity contribution in [2.24, 2.45) is 5.92 Å². The molecule has 1 atom stereocenters. The number of hydrogen-bond donors (Lipinski definition) is 1. The van der Waals surface area contributed by atoms with Crippen LogP contribution in [-0.2, 0) is 0 Å². The lowest BCUT2D eigenvalue weighted by Crippen LogP contribution is -2.35. The molecule has 1 aliphatic carbocycles. The van der Waals surface area contributed by atoms with Gasteiger partial charge in [-0.05, 0) is 43.9 Å². The zero-order valence-electron chi connectivity index (χ0n) is 12.3. The van der Waals surface area contributed by atoms with Gasteiger partial charge in [0.25, 0.3) is 0 Å². The zero-order chi connectivity index (χ0) is 13.5. The molecule has 106 valence electrons. The van der Waals surface area contributed by atoms with E-state index in [1.165, 1.54) is 48.3 Å². The Balaban J connectivity index is 1.82. The molecule has 0 aliphatic heterocycles. The van der Waals surface area contributed by atoms with Gasteiger partial charge in [-0.3, -0.25) is 0 Å². The Bertz CT molecular complexity index is 373. The summed E-state index contributed by atoms with van der Waals surface area (Å²) in [7, 11) is 0. The van der Waals surface area contributed by atoms with Gasteiger partial charge in [0, 0.05) is 16.7 Å². The molecule has 1 nitrogen and oxygen atoms in total. The number of rotatable bonds is 8. The number of nitrogens with one attached hydrogen (secondary N) is 1. The summed E-state index contributed by atoms with van der Waals surface area (Å²) in [5, 5.41) is 3.74. The minimum absolute atomic E-state index is 0.690. The van der Waals surface area contributed by atoms with Gasteiger partial charge in [0.05, 0.1) is 0 Å². The van der Waals surface area contributed by atoms with Crippen LogP contribution in [0.15, 0.2) is 29.2 Å². The van der Waals surface area contributed by atoms with E-state index in [0.29, 0.717) is 6.04 Å². The molecule has 1 fully saturated rings. The van der Waals surface area contributed by atoms with Crippen molar-refractivity contribution in [2.75, 3.05) is 12.3 Å². The first kappa shape index (κ1) is 14.9. The molecule has 1 N–H and O–H groups in total. The number of thioether (sulfide) groups is 1. The van der Waals surface area contributed by atoms with Crippen molar-refractivity contribution >= 4 is 11.8 Å². The quantitative estimate of drug-likeness (QED) is 0.694. The lowest BCUT2D eigenvalue weighted by Gasteiger charge is -2.30. The summed E-state index contributed by atoms with van der Waals surface area (Å²) in [5.41, 5.74) is 1.41. The van der Waals surface area contributed by atoms with Crippen molar-refractivity contribution in [2.45, 2.75) is 56.9 Å². The standard InChI is InChI=1S/C17H27NS/c1-3-11-18-16(12-15-8-6-9-15)13-19-17-10-5-4-7-14(17)2/h4-5,7,10,15-16,18H,3,6,8-9,11-13H2,1-2H3. The summed E-state index contributed by atoms with van der Waals surface area (Å²) in [6, 6.07) is 9.43. The molecule has 1 aliphatic rings. The molecule has 2 rings (SSSR count). The van der Waals surface area contributed by atoms with Crippen LogP contribution >= 0.6 is 11.8 Å². The zero-order valence-corrected chi connectivity index (χ0v) is 13.1. The van der Waals surface area contributed by atoms with Crippen molar-refractivity contribution in [1.82, 2.24) is 5.32 Å². The lowest BCUT2D eigenvalue weighted by atomic mass is 9.81. The van der Waals surface area contributed by atoms with E-state index in [2.05, 4.69) is 43.4 Å². The van der Waals surface area contributed by atoms with Gasteiger partial charge >= 0.3 is 0 Å². The predicted octanol–water partition coefficient (Wildman–Crippen LogP) is 4.65. The molecule has 1 saturated carbocycles. The fraction of sp³-hybridized carbons (Fsp3) is 0.647. The fourth-order valence-electron chi connectivity index (χ4n) is 2.60. The summed E-state index contributed by atoms with van der Waals surface area (Å²) >= 11 is 2.02. The van der Waals surface area contributed by atoms with Crippen LogP contribution in [0.2, 0.25) is 0 Å². The highest BCUT2D eigenvalue weighted by molar-refractivity contribution is 7.99.